The van der Waals surface area contributed by atoms with Crippen LogP contribution in [0, 0.1) is 5.82 Å². The van der Waals surface area contributed by atoms with Gasteiger partial charge in [-0.05, 0) is 29.8 Å². The van der Waals surface area contributed by atoms with Crippen molar-refractivity contribution in [2.75, 3.05) is 13.7 Å². The summed E-state index contributed by atoms with van der Waals surface area (Å²) in [5.74, 6) is -1.51. The van der Waals surface area contributed by atoms with Gasteiger partial charge < -0.3 is 15.0 Å². The fourth-order valence-corrected chi connectivity index (χ4v) is 3.88. The molecule has 2 amide bonds. The van der Waals surface area contributed by atoms with E-state index in [0.29, 0.717) is 15.6 Å². The first kappa shape index (κ1) is 24.6. The van der Waals surface area contributed by atoms with Gasteiger partial charge in [-0.25, -0.2) is 4.39 Å². The highest BCUT2D eigenvalue weighted by Crippen LogP contribution is 2.27. The molecule has 0 bridgehead atoms. The van der Waals surface area contributed by atoms with Crippen molar-refractivity contribution < 1.29 is 18.7 Å². The summed E-state index contributed by atoms with van der Waals surface area (Å²) in [5, 5.41) is 3.35. The molecule has 0 spiro atoms. The van der Waals surface area contributed by atoms with Gasteiger partial charge in [-0.1, -0.05) is 71.7 Å². The lowest BCUT2D eigenvalue weighted by Gasteiger charge is -2.31. The Balaban J connectivity index is 1.93. The van der Waals surface area contributed by atoms with Crippen LogP contribution in [0.15, 0.2) is 72.8 Å². The lowest BCUT2D eigenvalue weighted by Crippen LogP contribution is -2.51. The summed E-state index contributed by atoms with van der Waals surface area (Å²) in [6, 6.07) is 19.3. The number of hydrogen-bond donors (Lipinski definition) is 1. The molecule has 5 nitrogen and oxygen atoms in total. The first-order valence-corrected chi connectivity index (χ1v) is 11.0. The van der Waals surface area contributed by atoms with E-state index in [9.17, 15) is 14.0 Å². The zero-order chi connectivity index (χ0) is 23.8. The molecule has 0 heterocycles. The minimum Gasteiger partial charge on any atom is -0.481 e. The summed E-state index contributed by atoms with van der Waals surface area (Å²) in [6.07, 6.45) is 0.258. The number of nitrogens with zero attached hydrogens (tertiary/aromatic N) is 1. The number of ether oxygens (including phenoxy) is 1. The SMILES string of the molecule is CNC(=O)C(Cc1ccccc1)N(Cc1c(Cl)cccc1Cl)C(=O)COc1ccccc1F. The third-order valence-electron chi connectivity index (χ3n) is 5.10. The molecule has 0 saturated heterocycles. The fraction of sp³-hybridized carbons (Fsp3) is 0.200. The summed E-state index contributed by atoms with van der Waals surface area (Å²) in [6.45, 7) is -0.492. The molecule has 0 fully saturated rings. The molecule has 33 heavy (non-hydrogen) atoms. The number of nitrogens with one attached hydrogen (secondary N) is 1. The van der Waals surface area contributed by atoms with Crippen LogP contribution in [0.4, 0.5) is 4.39 Å². The van der Waals surface area contributed by atoms with E-state index in [2.05, 4.69) is 5.32 Å². The second-order valence-electron chi connectivity index (χ2n) is 7.26. The molecule has 3 aromatic carbocycles. The van der Waals surface area contributed by atoms with Crippen molar-refractivity contribution in [3.63, 3.8) is 0 Å². The van der Waals surface area contributed by atoms with E-state index in [1.807, 2.05) is 30.3 Å². The monoisotopic (exact) mass is 488 g/mol. The Morgan fingerprint density at radius 2 is 1.61 bits per heavy atom. The van der Waals surface area contributed by atoms with Gasteiger partial charge >= 0.3 is 0 Å². The lowest BCUT2D eigenvalue weighted by atomic mass is 10.0. The molecule has 8 heteroatoms. The third-order valence-corrected chi connectivity index (χ3v) is 5.80. The van der Waals surface area contributed by atoms with Gasteiger partial charge in [-0.15, -0.1) is 0 Å². The van der Waals surface area contributed by atoms with Crippen molar-refractivity contribution in [1.82, 2.24) is 10.2 Å². The predicted molar refractivity (Wildman–Crippen MR) is 127 cm³/mol. The Bertz CT molecular complexity index is 1090. The third kappa shape index (κ3) is 6.46. The summed E-state index contributed by atoms with van der Waals surface area (Å²) in [5.41, 5.74) is 1.37. The van der Waals surface area contributed by atoms with Crippen LogP contribution in [0.3, 0.4) is 0 Å². The van der Waals surface area contributed by atoms with Crippen molar-refractivity contribution in [3.8, 4) is 5.75 Å². The predicted octanol–water partition coefficient (Wildman–Crippen LogP) is 4.90. The number of likely N-dealkylation sites (N-methyl/N-ethyl adjacent to an activating group) is 1. The van der Waals surface area contributed by atoms with E-state index in [-0.39, 0.29) is 24.6 Å². The highest BCUT2D eigenvalue weighted by molar-refractivity contribution is 6.36. The molecule has 3 aromatic rings. The number of carbonyl (C=O) groups is 2. The number of amides is 2. The first-order chi connectivity index (χ1) is 15.9. The summed E-state index contributed by atoms with van der Waals surface area (Å²) < 4.78 is 19.4. The normalized spacial score (nSPS) is 11.5. The maximum absolute atomic E-state index is 14.0. The van der Waals surface area contributed by atoms with Gasteiger partial charge in [0.1, 0.15) is 6.04 Å². The Hall–Kier alpha value is -3.09. The summed E-state index contributed by atoms with van der Waals surface area (Å²) in [7, 11) is 1.50. The average Bonchev–Trinajstić information content (AvgIpc) is 2.82. The van der Waals surface area contributed by atoms with Crippen LogP contribution >= 0.6 is 23.2 Å². The fourth-order valence-electron chi connectivity index (χ4n) is 3.36. The van der Waals surface area contributed by atoms with Gasteiger partial charge in [0.05, 0.1) is 0 Å². The summed E-state index contributed by atoms with van der Waals surface area (Å²) in [4.78, 5) is 27.6. The van der Waals surface area contributed by atoms with E-state index in [1.54, 1.807) is 24.3 Å². The minimum absolute atomic E-state index is 0.0249. The number of benzene rings is 3. The van der Waals surface area contributed by atoms with Crippen LogP contribution in [0.1, 0.15) is 11.1 Å². The molecule has 1 unspecified atom stereocenters. The molecular weight excluding hydrogens is 466 g/mol. The smallest absolute Gasteiger partial charge is 0.261 e. The van der Waals surface area contributed by atoms with E-state index >= 15 is 0 Å². The maximum atomic E-state index is 14.0. The molecule has 1 N–H and O–H groups in total. The van der Waals surface area contributed by atoms with Crippen molar-refractivity contribution in [2.24, 2.45) is 0 Å². The molecular formula is C25H23Cl2FN2O3. The largest absolute Gasteiger partial charge is 0.481 e. The number of para-hydroxylation sites is 1. The van der Waals surface area contributed by atoms with Crippen molar-refractivity contribution in [1.29, 1.82) is 0 Å². The van der Waals surface area contributed by atoms with Gasteiger partial charge in [0, 0.05) is 35.6 Å². The number of hydrogen-bond acceptors (Lipinski definition) is 3. The molecule has 3 rings (SSSR count). The van der Waals surface area contributed by atoms with Crippen molar-refractivity contribution in [2.45, 2.75) is 19.0 Å². The van der Waals surface area contributed by atoms with Gasteiger partial charge in [0.2, 0.25) is 5.91 Å². The highest BCUT2D eigenvalue weighted by Gasteiger charge is 2.31. The Morgan fingerprint density at radius 3 is 2.24 bits per heavy atom. The maximum Gasteiger partial charge on any atom is 0.261 e. The van der Waals surface area contributed by atoms with E-state index in [4.69, 9.17) is 27.9 Å². The lowest BCUT2D eigenvalue weighted by molar-refractivity contribution is -0.142. The Labute approximate surface area is 202 Å². The second kappa shape index (κ2) is 11.7. The van der Waals surface area contributed by atoms with E-state index in [0.717, 1.165) is 5.56 Å². The Morgan fingerprint density at radius 1 is 0.970 bits per heavy atom. The van der Waals surface area contributed by atoms with Gasteiger partial charge in [0.15, 0.2) is 18.2 Å². The molecule has 172 valence electrons. The quantitative estimate of drug-likeness (QED) is 0.466. The highest BCUT2D eigenvalue weighted by atomic mass is 35.5. The van der Waals surface area contributed by atoms with Crippen LogP contribution in [-0.2, 0) is 22.6 Å². The van der Waals surface area contributed by atoms with Crippen molar-refractivity contribution >= 4 is 35.0 Å². The van der Waals surface area contributed by atoms with Crippen LogP contribution < -0.4 is 10.1 Å². The zero-order valence-electron chi connectivity index (χ0n) is 17.9. The number of halogens is 3. The molecule has 0 aromatic heterocycles. The van der Waals surface area contributed by atoms with Gasteiger partial charge in [-0.3, -0.25) is 9.59 Å². The number of rotatable bonds is 9. The zero-order valence-corrected chi connectivity index (χ0v) is 19.4. The molecule has 0 radical (unpaired) electrons. The molecule has 0 saturated carbocycles. The number of carbonyl (C=O) groups excluding carboxylic acids is 2. The summed E-state index contributed by atoms with van der Waals surface area (Å²) >= 11 is 12.7. The van der Waals surface area contributed by atoms with Crippen LogP contribution in [0.5, 0.6) is 5.75 Å². The standard InChI is InChI=1S/C25H23Cl2FN2O3/c1-29-25(32)22(14-17-8-3-2-4-9-17)30(15-18-19(26)10-7-11-20(18)27)24(31)16-33-23-13-6-5-12-21(23)28/h2-13,22H,14-16H2,1H3,(H,29,32). The van der Waals surface area contributed by atoms with E-state index in [1.165, 1.54) is 30.1 Å². The molecule has 1 atom stereocenters. The first-order valence-electron chi connectivity index (χ1n) is 10.3. The van der Waals surface area contributed by atoms with Crippen LogP contribution in [0.2, 0.25) is 10.0 Å². The van der Waals surface area contributed by atoms with Crippen LogP contribution in [-0.4, -0.2) is 36.4 Å². The van der Waals surface area contributed by atoms with E-state index < -0.39 is 24.4 Å². The topological polar surface area (TPSA) is 58.6 Å². The Kier molecular flexibility index (Phi) is 8.69. The van der Waals surface area contributed by atoms with Crippen LogP contribution in [0.25, 0.3) is 0 Å². The second-order valence-corrected chi connectivity index (χ2v) is 8.08. The van der Waals surface area contributed by atoms with Gasteiger partial charge in [0.25, 0.3) is 5.91 Å². The minimum atomic E-state index is -0.874. The molecule has 0 aliphatic carbocycles. The average molecular weight is 489 g/mol. The molecule has 0 aliphatic heterocycles. The molecule has 0 aliphatic rings. The van der Waals surface area contributed by atoms with Gasteiger partial charge in [-0.2, -0.15) is 0 Å². The van der Waals surface area contributed by atoms with Crippen molar-refractivity contribution in [3.05, 3.63) is 99.8 Å².